The Kier molecular flexibility index (Phi) is 5.07. The third kappa shape index (κ3) is 3.88. The summed E-state index contributed by atoms with van der Waals surface area (Å²) in [7, 11) is 1.65. The molecule has 2 amide bonds. The first-order valence-electron chi connectivity index (χ1n) is 9.93. The van der Waals surface area contributed by atoms with Crippen LogP contribution in [0.2, 0.25) is 0 Å². The number of carbonyl (C=O) groups excluding carboxylic acids is 2. The van der Waals surface area contributed by atoms with Crippen molar-refractivity contribution in [2.45, 2.75) is 44.2 Å². The molecule has 1 saturated heterocycles. The molecule has 2 aliphatic rings. The number of hydrogen-bond acceptors (Lipinski definition) is 3. The van der Waals surface area contributed by atoms with Gasteiger partial charge in [0.05, 0.1) is 12.6 Å². The zero-order chi connectivity index (χ0) is 19.6. The van der Waals surface area contributed by atoms with Crippen molar-refractivity contribution in [3.63, 3.8) is 0 Å². The lowest BCUT2D eigenvalue weighted by molar-refractivity contribution is -0.133. The molecule has 5 heteroatoms. The van der Waals surface area contributed by atoms with Crippen molar-refractivity contribution in [2.75, 3.05) is 13.7 Å². The molecule has 0 radical (unpaired) electrons. The van der Waals surface area contributed by atoms with Crippen molar-refractivity contribution in [3.05, 3.63) is 65.2 Å². The molecule has 1 saturated carbocycles. The molecule has 0 spiro atoms. The molecule has 28 heavy (non-hydrogen) atoms. The van der Waals surface area contributed by atoms with Gasteiger partial charge in [-0.2, -0.15) is 0 Å². The van der Waals surface area contributed by atoms with Crippen molar-refractivity contribution in [2.24, 2.45) is 0 Å². The molecular formula is C23H26N2O3. The molecule has 0 unspecified atom stereocenters. The maximum Gasteiger partial charge on any atom is 0.251 e. The van der Waals surface area contributed by atoms with Crippen molar-refractivity contribution in [1.82, 2.24) is 10.2 Å². The van der Waals surface area contributed by atoms with E-state index >= 15 is 0 Å². The van der Waals surface area contributed by atoms with E-state index in [9.17, 15) is 9.59 Å². The second-order valence-electron chi connectivity index (χ2n) is 7.74. The highest BCUT2D eigenvalue weighted by atomic mass is 16.5. The highest BCUT2D eigenvalue weighted by molar-refractivity contribution is 5.95. The summed E-state index contributed by atoms with van der Waals surface area (Å²) in [6, 6.07) is 15.5. The van der Waals surface area contributed by atoms with E-state index < -0.39 is 0 Å². The molecule has 1 N–H and O–H groups in total. The van der Waals surface area contributed by atoms with Crippen LogP contribution in [0.15, 0.2) is 48.5 Å². The van der Waals surface area contributed by atoms with Gasteiger partial charge in [0.1, 0.15) is 5.75 Å². The number of amides is 2. The molecule has 4 rings (SSSR count). The summed E-state index contributed by atoms with van der Waals surface area (Å²) < 4.78 is 5.31. The smallest absolute Gasteiger partial charge is 0.251 e. The van der Waals surface area contributed by atoms with Crippen LogP contribution in [0.3, 0.4) is 0 Å². The zero-order valence-corrected chi connectivity index (χ0v) is 16.2. The molecule has 1 heterocycles. The standard InChI is InChI=1S/C23H26N2O3/c1-28-20-6-4-5-19(15-20)23(12-13-23)24-22(27)18-10-8-17(9-11-18)16-25-14-3-2-7-21(25)26/h4-6,8-11,15H,2-3,7,12-14,16H2,1H3,(H,24,27). The van der Waals surface area contributed by atoms with Crippen molar-refractivity contribution in [1.29, 1.82) is 0 Å². The first-order valence-corrected chi connectivity index (χ1v) is 9.93. The average Bonchev–Trinajstić information content (AvgIpc) is 3.51. The van der Waals surface area contributed by atoms with E-state index in [1.54, 1.807) is 7.11 Å². The van der Waals surface area contributed by atoms with Gasteiger partial charge >= 0.3 is 0 Å². The third-order valence-electron chi connectivity index (χ3n) is 5.74. The Hall–Kier alpha value is -2.82. The fourth-order valence-electron chi connectivity index (χ4n) is 3.83. The number of likely N-dealkylation sites (tertiary alicyclic amines) is 1. The molecule has 2 aromatic carbocycles. The third-order valence-corrected chi connectivity index (χ3v) is 5.74. The minimum absolute atomic E-state index is 0.0686. The highest BCUT2D eigenvalue weighted by Crippen LogP contribution is 2.46. The van der Waals surface area contributed by atoms with Gasteiger partial charge in [0, 0.05) is 25.1 Å². The fourth-order valence-corrected chi connectivity index (χ4v) is 3.83. The molecule has 1 aliphatic carbocycles. The summed E-state index contributed by atoms with van der Waals surface area (Å²) in [6.07, 6.45) is 4.57. The summed E-state index contributed by atoms with van der Waals surface area (Å²) in [5.74, 6) is 0.956. The summed E-state index contributed by atoms with van der Waals surface area (Å²) in [5, 5.41) is 3.20. The molecular weight excluding hydrogens is 352 g/mol. The van der Waals surface area contributed by atoms with Gasteiger partial charge in [-0.15, -0.1) is 0 Å². The van der Waals surface area contributed by atoms with Crippen molar-refractivity contribution >= 4 is 11.8 Å². The molecule has 5 nitrogen and oxygen atoms in total. The minimum atomic E-state index is -0.287. The Morgan fingerprint density at radius 2 is 1.93 bits per heavy atom. The van der Waals surface area contributed by atoms with Crippen molar-refractivity contribution < 1.29 is 14.3 Å². The van der Waals surface area contributed by atoms with Crippen LogP contribution in [0.4, 0.5) is 0 Å². The normalized spacial score (nSPS) is 17.9. The summed E-state index contributed by atoms with van der Waals surface area (Å²) in [6.45, 7) is 1.44. The fraction of sp³-hybridized carbons (Fsp3) is 0.391. The van der Waals surface area contributed by atoms with Gasteiger partial charge in [-0.1, -0.05) is 24.3 Å². The Morgan fingerprint density at radius 3 is 2.61 bits per heavy atom. The Balaban J connectivity index is 1.41. The van der Waals surface area contributed by atoms with E-state index in [1.807, 2.05) is 53.4 Å². The van der Waals surface area contributed by atoms with E-state index in [1.165, 1.54) is 0 Å². The van der Waals surface area contributed by atoms with Crippen LogP contribution in [0, 0.1) is 0 Å². The predicted molar refractivity (Wildman–Crippen MR) is 107 cm³/mol. The number of nitrogens with zero attached hydrogens (tertiary/aromatic N) is 1. The first-order chi connectivity index (χ1) is 13.6. The molecule has 146 valence electrons. The second kappa shape index (κ2) is 7.66. The number of methoxy groups -OCH3 is 1. The van der Waals surface area contributed by atoms with Crippen LogP contribution in [0.1, 0.15) is 53.6 Å². The SMILES string of the molecule is COc1cccc(C2(NC(=O)c3ccc(CN4CCCCC4=O)cc3)CC2)c1. The van der Waals surface area contributed by atoms with Gasteiger partial charge in [0.2, 0.25) is 5.91 Å². The Labute approximate surface area is 165 Å². The minimum Gasteiger partial charge on any atom is -0.497 e. The van der Waals surface area contributed by atoms with Crippen LogP contribution >= 0.6 is 0 Å². The molecule has 2 fully saturated rings. The Morgan fingerprint density at radius 1 is 1.14 bits per heavy atom. The van der Waals surface area contributed by atoms with Crippen LogP contribution < -0.4 is 10.1 Å². The van der Waals surface area contributed by atoms with Crippen LogP contribution in [0.25, 0.3) is 0 Å². The quantitative estimate of drug-likeness (QED) is 0.835. The molecule has 0 atom stereocenters. The van der Waals surface area contributed by atoms with E-state index in [0.717, 1.165) is 49.1 Å². The maximum absolute atomic E-state index is 12.8. The summed E-state index contributed by atoms with van der Waals surface area (Å²) in [4.78, 5) is 26.6. The lowest BCUT2D eigenvalue weighted by Gasteiger charge is -2.26. The number of ether oxygens (including phenoxy) is 1. The van der Waals surface area contributed by atoms with Gasteiger partial charge < -0.3 is 15.0 Å². The molecule has 1 aliphatic heterocycles. The summed E-state index contributed by atoms with van der Waals surface area (Å²) >= 11 is 0. The average molecular weight is 378 g/mol. The largest absolute Gasteiger partial charge is 0.497 e. The van der Waals surface area contributed by atoms with Crippen molar-refractivity contribution in [3.8, 4) is 5.75 Å². The zero-order valence-electron chi connectivity index (χ0n) is 16.2. The van der Waals surface area contributed by atoms with Gasteiger partial charge in [0.15, 0.2) is 0 Å². The lowest BCUT2D eigenvalue weighted by atomic mass is 10.0. The van der Waals surface area contributed by atoms with Crippen LogP contribution in [-0.4, -0.2) is 30.4 Å². The Bertz CT molecular complexity index is 872. The number of benzene rings is 2. The van der Waals surface area contributed by atoms with Crippen LogP contribution in [0.5, 0.6) is 5.75 Å². The number of nitrogens with one attached hydrogen (secondary N) is 1. The number of hydrogen-bond donors (Lipinski definition) is 1. The molecule has 0 aromatic heterocycles. The number of piperidine rings is 1. The van der Waals surface area contributed by atoms with Gasteiger partial charge in [-0.05, 0) is 61.1 Å². The first kappa shape index (κ1) is 18.5. The number of carbonyl (C=O) groups is 2. The van der Waals surface area contributed by atoms with Gasteiger partial charge in [-0.25, -0.2) is 0 Å². The topological polar surface area (TPSA) is 58.6 Å². The highest BCUT2D eigenvalue weighted by Gasteiger charge is 2.45. The van der Waals surface area contributed by atoms with Gasteiger partial charge in [-0.3, -0.25) is 9.59 Å². The van der Waals surface area contributed by atoms with E-state index in [0.29, 0.717) is 18.5 Å². The second-order valence-corrected chi connectivity index (χ2v) is 7.74. The number of rotatable bonds is 6. The molecule has 2 aromatic rings. The van der Waals surface area contributed by atoms with Crippen LogP contribution in [-0.2, 0) is 16.9 Å². The monoisotopic (exact) mass is 378 g/mol. The van der Waals surface area contributed by atoms with Gasteiger partial charge in [0.25, 0.3) is 5.91 Å². The van der Waals surface area contributed by atoms with E-state index in [-0.39, 0.29) is 17.4 Å². The predicted octanol–water partition coefficient (Wildman–Crippen LogP) is 3.63. The molecule has 0 bridgehead atoms. The van der Waals surface area contributed by atoms with E-state index in [2.05, 4.69) is 5.32 Å². The van der Waals surface area contributed by atoms with E-state index in [4.69, 9.17) is 4.74 Å². The lowest BCUT2D eigenvalue weighted by Crippen LogP contribution is -2.35. The summed E-state index contributed by atoms with van der Waals surface area (Å²) in [5.41, 5.74) is 2.49. The maximum atomic E-state index is 12.8.